The van der Waals surface area contributed by atoms with Crippen LogP contribution in [0.2, 0.25) is 0 Å². The van der Waals surface area contributed by atoms with E-state index in [1.807, 2.05) is 0 Å². The molecule has 1 aliphatic heterocycles. The van der Waals surface area contributed by atoms with Crippen molar-refractivity contribution >= 4 is 7.82 Å². The SMILES string of the molecule is C[C@@H]1O[C@H](COP(=O)(O)O)CC1O. The maximum atomic E-state index is 10.3. The van der Waals surface area contributed by atoms with Gasteiger partial charge in [0.25, 0.3) is 0 Å². The lowest BCUT2D eigenvalue weighted by molar-refractivity contribution is 0.000318. The highest BCUT2D eigenvalue weighted by Crippen LogP contribution is 2.36. The van der Waals surface area contributed by atoms with Crippen molar-refractivity contribution in [1.29, 1.82) is 0 Å². The van der Waals surface area contributed by atoms with Crippen LogP contribution in [-0.2, 0) is 13.8 Å². The van der Waals surface area contributed by atoms with E-state index in [1.54, 1.807) is 6.92 Å². The molecule has 1 aliphatic rings. The van der Waals surface area contributed by atoms with Crippen molar-refractivity contribution in [3.05, 3.63) is 0 Å². The number of phosphoric acid groups is 1. The summed E-state index contributed by atoms with van der Waals surface area (Å²) >= 11 is 0. The van der Waals surface area contributed by atoms with E-state index in [9.17, 15) is 9.67 Å². The Hall–Kier alpha value is 0.0300. The van der Waals surface area contributed by atoms with Crippen LogP contribution in [-0.4, -0.2) is 39.8 Å². The molecule has 7 heteroatoms. The fourth-order valence-corrected chi connectivity index (χ4v) is 1.56. The zero-order valence-corrected chi connectivity index (χ0v) is 8.05. The summed E-state index contributed by atoms with van der Waals surface area (Å²) in [6.07, 6.45) is -0.963. The number of ether oxygens (including phenoxy) is 1. The van der Waals surface area contributed by atoms with Gasteiger partial charge in [-0.05, 0) is 6.92 Å². The first-order valence-electron chi connectivity index (χ1n) is 3.92. The predicted molar refractivity (Wildman–Crippen MR) is 43.0 cm³/mol. The summed E-state index contributed by atoms with van der Waals surface area (Å²) in [7, 11) is -4.42. The predicted octanol–water partition coefficient (Wildman–Crippen LogP) is -0.366. The minimum Gasteiger partial charge on any atom is -0.390 e. The van der Waals surface area contributed by atoms with Crippen molar-refractivity contribution in [3.8, 4) is 0 Å². The Morgan fingerprint density at radius 3 is 2.62 bits per heavy atom. The average molecular weight is 212 g/mol. The molecule has 0 aromatic carbocycles. The summed E-state index contributed by atoms with van der Waals surface area (Å²) in [5.74, 6) is 0. The highest BCUT2D eigenvalue weighted by Gasteiger charge is 2.32. The van der Waals surface area contributed by atoms with Gasteiger partial charge in [0.2, 0.25) is 0 Å². The summed E-state index contributed by atoms with van der Waals surface area (Å²) in [5, 5.41) is 9.22. The minimum absolute atomic E-state index is 0.189. The molecule has 1 rings (SSSR count). The smallest absolute Gasteiger partial charge is 0.390 e. The van der Waals surface area contributed by atoms with Gasteiger partial charge in [0.15, 0.2) is 0 Å². The summed E-state index contributed by atoms with van der Waals surface area (Å²) in [4.78, 5) is 16.8. The van der Waals surface area contributed by atoms with Gasteiger partial charge in [0.05, 0.1) is 24.9 Å². The lowest BCUT2D eigenvalue weighted by Crippen LogP contribution is -2.16. The molecular weight excluding hydrogens is 199 g/mol. The molecule has 1 unspecified atom stereocenters. The quantitative estimate of drug-likeness (QED) is 0.552. The molecule has 1 heterocycles. The van der Waals surface area contributed by atoms with Gasteiger partial charge in [-0.15, -0.1) is 0 Å². The van der Waals surface area contributed by atoms with E-state index < -0.39 is 20.0 Å². The van der Waals surface area contributed by atoms with Gasteiger partial charge < -0.3 is 19.6 Å². The van der Waals surface area contributed by atoms with Gasteiger partial charge in [-0.2, -0.15) is 0 Å². The highest BCUT2D eigenvalue weighted by atomic mass is 31.2. The van der Waals surface area contributed by atoms with Crippen molar-refractivity contribution in [2.75, 3.05) is 6.61 Å². The van der Waals surface area contributed by atoms with E-state index in [2.05, 4.69) is 4.52 Å². The Balaban J connectivity index is 2.29. The molecule has 0 aliphatic carbocycles. The maximum Gasteiger partial charge on any atom is 0.469 e. The summed E-state index contributed by atoms with van der Waals surface area (Å²) in [6, 6.07) is 0. The van der Waals surface area contributed by atoms with Gasteiger partial charge >= 0.3 is 7.82 Å². The second-order valence-corrected chi connectivity index (χ2v) is 4.29. The van der Waals surface area contributed by atoms with Crippen molar-refractivity contribution < 1.29 is 28.7 Å². The van der Waals surface area contributed by atoms with E-state index >= 15 is 0 Å². The van der Waals surface area contributed by atoms with Crippen LogP contribution in [0.4, 0.5) is 0 Å². The topological polar surface area (TPSA) is 96.2 Å². The molecule has 0 aromatic heterocycles. The lowest BCUT2D eigenvalue weighted by atomic mass is 10.2. The molecule has 3 N–H and O–H groups in total. The first kappa shape index (κ1) is 11.1. The number of aliphatic hydroxyl groups is 1. The van der Waals surface area contributed by atoms with Crippen LogP contribution in [0.3, 0.4) is 0 Å². The monoisotopic (exact) mass is 212 g/mol. The Kier molecular flexibility index (Phi) is 3.45. The number of phosphoric ester groups is 1. The molecule has 3 atom stereocenters. The maximum absolute atomic E-state index is 10.3. The molecule has 0 saturated carbocycles. The molecule has 0 radical (unpaired) electrons. The van der Waals surface area contributed by atoms with Gasteiger partial charge in [-0.3, -0.25) is 4.52 Å². The third-order valence-electron chi connectivity index (χ3n) is 1.88. The van der Waals surface area contributed by atoms with Crippen molar-refractivity contribution in [2.24, 2.45) is 0 Å². The second kappa shape index (κ2) is 4.04. The Bertz CT molecular complexity index is 203. The highest BCUT2D eigenvalue weighted by molar-refractivity contribution is 7.46. The van der Waals surface area contributed by atoms with Crippen LogP contribution in [0.25, 0.3) is 0 Å². The van der Waals surface area contributed by atoms with Crippen molar-refractivity contribution in [1.82, 2.24) is 0 Å². The fourth-order valence-electron chi connectivity index (χ4n) is 1.20. The summed E-state index contributed by atoms with van der Waals surface area (Å²) < 4.78 is 19.7. The summed E-state index contributed by atoms with van der Waals surface area (Å²) in [6.45, 7) is 1.51. The van der Waals surface area contributed by atoms with Crippen LogP contribution in [0.5, 0.6) is 0 Å². The van der Waals surface area contributed by atoms with Crippen molar-refractivity contribution in [2.45, 2.75) is 31.7 Å². The van der Waals surface area contributed by atoms with E-state index in [-0.39, 0.29) is 12.7 Å². The van der Waals surface area contributed by atoms with E-state index in [0.29, 0.717) is 6.42 Å². The first-order valence-corrected chi connectivity index (χ1v) is 5.45. The number of hydrogen-bond acceptors (Lipinski definition) is 4. The van der Waals surface area contributed by atoms with Crippen LogP contribution in [0, 0.1) is 0 Å². The fraction of sp³-hybridized carbons (Fsp3) is 1.00. The van der Waals surface area contributed by atoms with Gasteiger partial charge in [-0.1, -0.05) is 0 Å². The number of aliphatic hydroxyl groups excluding tert-OH is 1. The molecule has 1 fully saturated rings. The molecule has 0 bridgehead atoms. The Morgan fingerprint density at radius 2 is 2.23 bits per heavy atom. The van der Waals surface area contributed by atoms with E-state index in [0.717, 1.165) is 0 Å². The lowest BCUT2D eigenvalue weighted by Gasteiger charge is -2.11. The third-order valence-corrected chi connectivity index (χ3v) is 2.37. The zero-order valence-electron chi connectivity index (χ0n) is 7.16. The number of rotatable bonds is 3. The second-order valence-electron chi connectivity index (χ2n) is 3.05. The number of hydrogen-bond donors (Lipinski definition) is 3. The third kappa shape index (κ3) is 3.72. The Morgan fingerprint density at radius 1 is 1.62 bits per heavy atom. The molecule has 1 saturated heterocycles. The normalized spacial score (nSPS) is 35.2. The average Bonchev–Trinajstić information content (AvgIpc) is 2.27. The van der Waals surface area contributed by atoms with Gasteiger partial charge in [0, 0.05) is 6.42 Å². The first-order chi connectivity index (χ1) is 5.88. The largest absolute Gasteiger partial charge is 0.469 e. The van der Waals surface area contributed by atoms with Crippen LogP contribution < -0.4 is 0 Å². The molecule has 78 valence electrons. The molecule has 13 heavy (non-hydrogen) atoms. The standard InChI is InChI=1S/C6H13O6P/c1-4-6(7)2-5(12-4)3-11-13(8,9)10/h4-7H,2-3H2,1H3,(H2,8,9,10)/t4-,5-,6?/m0/s1. The van der Waals surface area contributed by atoms with E-state index in [1.165, 1.54) is 0 Å². The minimum atomic E-state index is -4.42. The van der Waals surface area contributed by atoms with Gasteiger partial charge in [-0.25, -0.2) is 4.57 Å². The zero-order chi connectivity index (χ0) is 10.1. The van der Waals surface area contributed by atoms with Crippen LogP contribution in [0.15, 0.2) is 0 Å². The molecule has 6 nitrogen and oxygen atoms in total. The van der Waals surface area contributed by atoms with Crippen molar-refractivity contribution in [3.63, 3.8) is 0 Å². The van der Waals surface area contributed by atoms with Crippen LogP contribution in [0.1, 0.15) is 13.3 Å². The van der Waals surface area contributed by atoms with Crippen LogP contribution >= 0.6 is 7.82 Å². The summed E-state index contributed by atoms with van der Waals surface area (Å²) in [5.41, 5.74) is 0. The Labute approximate surface area is 75.7 Å². The molecule has 0 amide bonds. The molecular formula is C6H13O6P. The van der Waals surface area contributed by atoms with E-state index in [4.69, 9.17) is 14.5 Å². The molecule has 0 aromatic rings. The molecule has 0 spiro atoms. The van der Waals surface area contributed by atoms with Gasteiger partial charge in [0.1, 0.15) is 0 Å².